The molecule has 1 N–H and O–H groups in total. The molecule has 1 amide bonds. The number of aryl methyl sites for hydroxylation is 1. The van der Waals surface area contributed by atoms with E-state index in [4.69, 9.17) is 5.11 Å². The number of aliphatic hydroxyl groups excluding tert-OH is 1. The summed E-state index contributed by atoms with van der Waals surface area (Å²) in [7, 11) is 0. The minimum Gasteiger partial charge on any atom is -0.392 e. The third-order valence-electron chi connectivity index (χ3n) is 1.71. The fraction of sp³-hybridized carbons (Fsp3) is 0.200. The third kappa shape index (κ3) is 2.23. The minimum absolute atomic E-state index is 0.0703. The number of rotatable bonds is 2. The maximum absolute atomic E-state index is 11.1. The van der Waals surface area contributed by atoms with E-state index in [1.807, 2.05) is 13.0 Å². The van der Waals surface area contributed by atoms with Gasteiger partial charge in [0, 0.05) is 5.56 Å². The van der Waals surface area contributed by atoms with E-state index in [1.165, 1.54) is 0 Å². The van der Waals surface area contributed by atoms with Gasteiger partial charge in [-0.2, -0.15) is 0 Å². The summed E-state index contributed by atoms with van der Waals surface area (Å²) in [6, 6.07) is 5.15. The van der Waals surface area contributed by atoms with Gasteiger partial charge in [0.05, 0.1) is 6.61 Å². The molecule has 1 rings (SSSR count). The molecule has 0 atom stereocenters. The minimum atomic E-state index is -0.363. The predicted molar refractivity (Wildman–Crippen MR) is 51.0 cm³/mol. The molecule has 13 heavy (non-hydrogen) atoms. The van der Waals surface area contributed by atoms with E-state index in [2.05, 4.69) is 11.7 Å². The van der Waals surface area contributed by atoms with E-state index >= 15 is 0 Å². The van der Waals surface area contributed by atoms with Crippen molar-refractivity contribution in [3.05, 3.63) is 34.9 Å². The Labute approximate surface area is 76.7 Å². The molecule has 0 spiro atoms. The second-order valence-electron chi connectivity index (χ2n) is 2.83. The van der Waals surface area contributed by atoms with Crippen molar-refractivity contribution in [1.82, 2.24) is 0 Å². The van der Waals surface area contributed by atoms with E-state index in [1.54, 1.807) is 12.1 Å². The molecule has 3 heteroatoms. The summed E-state index contributed by atoms with van der Waals surface area (Å²) in [6.07, 6.45) is 0. The number of amides is 1. The van der Waals surface area contributed by atoms with Gasteiger partial charge in [-0.1, -0.05) is 6.07 Å². The Bertz CT molecular complexity index is 345. The van der Waals surface area contributed by atoms with Crippen LogP contribution in [0.5, 0.6) is 0 Å². The Hall–Kier alpha value is -1.48. The lowest BCUT2D eigenvalue weighted by atomic mass is 10.1. The SMILES string of the molecule is C=NC(=O)c1cc(C)cc(CO)c1. The smallest absolute Gasteiger partial charge is 0.276 e. The van der Waals surface area contributed by atoms with Crippen molar-refractivity contribution in [2.24, 2.45) is 4.99 Å². The standard InChI is InChI=1S/C10H11NO2/c1-7-3-8(6-12)5-9(4-7)10(13)11-2/h3-5,12H,2,6H2,1H3. The lowest BCUT2D eigenvalue weighted by Crippen LogP contribution is -1.97. The first-order valence-electron chi connectivity index (χ1n) is 3.90. The average Bonchev–Trinajstić information content (AvgIpc) is 2.15. The number of aliphatic imine (C=N–C) groups is 1. The Morgan fingerprint density at radius 3 is 2.77 bits per heavy atom. The summed E-state index contributed by atoms with van der Waals surface area (Å²) in [4.78, 5) is 14.4. The number of aliphatic hydroxyl groups is 1. The van der Waals surface area contributed by atoms with Crippen LogP contribution >= 0.6 is 0 Å². The number of hydrogen-bond donors (Lipinski definition) is 1. The third-order valence-corrected chi connectivity index (χ3v) is 1.71. The van der Waals surface area contributed by atoms with Crippen LogP contribution in [-0.2, 0) is 6.61 Å². The number of carbonyl (C=O) groups is 1. The zero-order valence-corrected chi connectivity index (χ0v) is 7.45. The maximum Gasteiger partial charge on any atom is 0.276 e. The quantitative estimate of drug-likeness (QED) is 0.693. The van der Waals surface area contributed by atoms with Crippen LogP contribution in [0.2, 0.25) is 0 Å². The van der Waals surface area contributed by atoms with Crippen LogP contribution in [0, 0.1) is 6.92 Å². The van der Waals surface area contributed by atoms with Gasteiger partial charge in [-0.3, -0.25) is 4.79 Å². The summed E-state index contributed by atoms with van der Waals surface area (Å²) in [6.45, 7) is 4.95. The molecule has 0 heterocycles. The topological polar surface area (TPSA) is 49.7 Å². The van der Waals surface area contributed by atoms with Gasteiger partial charge in [-0.15, -0.1) is 0 Å². The molecule has 0 aliphatic rings. The molecule has 0 unspecified atom stereocenters. The van der Waals surface area contributed by atoms with Gasteiger partial charge < -0.3 is 5.11 Å². The summed E-state index contributed by atoms with van der Waals surface area (Å²) in [5.41, 5.74) is 2.12. The van der Waals surface area contributed by atoms with E-state index in [0.717, 1.165) is 5.56 Å². The number of benzene rings is 1. The van der Waals surface area contributed by atoms with Crippen molar-refractivity contribution in [3.63, 3.8) is 0 Å². The average molecular weight is 177 g/mol. The number of hydrogen-bond acceptors (Lipinski definition) is 2. The van der Waals surface area contributed by atoms with Crippen LogP contribution < -0.4 is 0 Å². The van der Waals surface area contributed by atoms with Gasteiger partial charge >= 0.3 is 0 Å². The van der Waals surface area contributed by atoms with Gasteiger partial charge in [0.2, 0.25) is 0 Å². The van der Waals surface area contributed by atoms with Crippen LogP contribution in [0.1, 0.15) is 21.5 Å². The van der Waals surface area contributed by atoms with Gasteiger partial charge in [0.1, 0.15) is 0 Å². The second-order valence-corrected chi connectivity index (χ2v) is 2.83. The van der Waals surface area contributed by atoms with E-state index in [9.17, 15) is 4.79 Å². The van der Waals surface area contributed by atoms with Gasteiger partial charge in [0.15, 0.2) is 0 Å². The van der Waals surface area contributed by atoms with Crippen molar-refractivity contribution in [3.8, 4) is 0 Å². The molecular formula is C10H11NO2. The highest BCUT2D eigenvalue weighted by Gasteiger charge is 2.04. The Kier molecular flexibility index (Phi) is 2.93. The highest BCUT2D eigenvalue weighted by Crippen LogP contribution is 2.10. The maximum atomic E-state index is 11.1. The first-order valence-corrected chi connectivity index (χ1v) is 3.90. The molecule has 1 aromatic rings. The summed E-state index contributed by atoms with van der Waals surface area (Å²) < 4.78 is 0. The summed E-state index contributed by atoms with van der Waals surface area (Å²) in [5.74, 6) is -0.363. The van der Waals surface area contributed by atoms with Crippen LogP contribution in [0.15, 0.2) is 23.2 Å². The molecule has 3 nitrogen and oxygen atoms in total. The van der Waals surface area contributed by atoms with Gasteiger partial charge in [-0.25, -0.2) is 4.99 Å². The van der Waals surface area contributed by atoms with Crippen molar-refractivity contribution < 1.29 is 9.90 Å². The lowest BCUT2D eigenvalue weighted by Gasteiger charge is -2.01. The van der Waals surface area contributed by atoms with E-state index in [0.29, 0.717) is 11.1 Å². The Balaban J connectivity index is 3.15. The molecule has 0 saturated carbocycles. The van der Waals surface area contributed by atoms with Gasteiger partial charge in [-0.05, 0) is 36.9 Å². The van der Waals surface area contributed by atoms with Crippen LogP contribution in [0.3, 0.4) is 0 Å². The predicted octanol–water partition coefficient (Wildman–Crippen LogP) is 1.33. The second kappa shape index (κ2) is 3.96. The first-order chi connectivity index (χ1) is 6.17. The fourth-order valence-corrected chi connectivity index (χ4v) is 1.17. The summed E-state index contributed by atoms with van der Waals surface area (Å²) in [5, 5.41) is 8.88. The number of nitrogens with zero attached hydrogens (tertiary/aromatic N) is 1. The Morgan fingerprint density at radius 1 is 1.54 bits per heavy atom. The van der Waals surface area contributed by atoms with Crippen molar-refractivity contribution in [2.75, 3.05) is 0 Å². The first kappa shape index (κ1) is 9.61. The highest BCUT2D eigenvalue weighted by atomic mass is 16.3. The molecule has 0 fully saturated rings. The zero-order chi connectivity index (χ0) is 9.84. The lowest BCUT2D eigenvalue weighted by molar-refractivity contribution is 0.100. The highest BCUT2D eigenvalue weighted by molar-refractivity contribution is 5.97. The molecule has 1 aromatic carbocycles. The molecule has 68 valence electrons. The van der Waals surface area contributed by atoms with Crippen LogP contribution in [-0.4, -0.2) is 17.7 Å². The van der Waals surface area contributed by atoms with E-state index in [-0.39, 0.29) is 12.5 Å². The Morgan fingerprint density at radius 2 is 2.23 bits per heavy atom. The van der Waals surface area contributed by atoms with Gasteiger partial charge in [0.25, 0.3) is 5.91 Å². The fourth-order valence-electron chi connectivity index (χ4n) is 1.17. The summed E-state index contributed by atoms with van der Waals surface area (Å²) >= 11 is 0. The van der Waals surface area contributed by atoms with Crippen LogP contribution in [0.25, 0.3) is 0 Å². The number of carbonyl (C=O) groups excluding carboxylic acids is 1. The van der Waals surface area contributed by atoms with E-state index < -0.39 is 0 Å². The molecule has 0 aliphatic heterocycles. The van der Waals surface area contributed by atoms with Crippen molar-refractivity contribution in [1.29, 1.82) is 0 Å². The molecule has 0 saturated heterocycles. The zero-order valence-electron chi connectivity index (χ0n) is 7.45. The molecule has 0 aromatic heterocycles. The largest absolute Gasteiger partial charge is 0.392 e. The molecular weight excluding hydrogens is 166 g/mol. The molecule has 0 bridgehead atoms. The van der Waals surface area contributed by atoms with Crippen molar-refractivity contribution >= 4 is 12.6 Å². The normalized spacial score (nSPS) is 9.69. The molecule has 0 radical (unpaired) electrons. The molecule has 0 aliphatic carbocycles. The monoisotopic (exact) mass is 177 g/mol. The van der Waals surface area contributed by atoms with Crippen molar-refractivity contribution in [2.45, 2.75) is 13.5 Å². The van der Waals surface area contributed by atoms with Crippen LogP contribution in [0.4, 0.5) is 0 Å².